The zero-order valence-corrected chi connectivity index (χ0v) is 20.0. The van der Waals surface area contributed by atoms with Crippen molar-refractivity contribution in [1.82, 2.24) is 5.32 Å². The number of carboxylic acids is 1. The van der Waals surface area contributed by atoms with Crippen LogP contribution in [0.3, 0.4) is 0 Å². The summed E-state index contributed by atoms with van der Waals surface area (Å²) in [5, 5.41) is 11.3. The van der Waals surface area contributed by atoms with Crippen LogP contribution in [0.1, 0.15) is 85.0 Å². The van der Waals surface area contributed by atoms with Gasteiger partial charge in [0.1, 0.15) is 12.1 Å². The van der Waals surface area contributed by atoms with Gasteiger partial charge in [-0.1, -0.05) is 19.4 Å². The lowest BCUT2D eigenvalue weighted by Crippen LogP contribution is -2.51. The molecular formula is C26H37NO6. The van der Waals surface area contributed by atoms with E-state index in [0.717, 1.165) is 44.9 Å². The summed E-state index contributed by atoms with van der Waals surface area (Å²) in [6.07, 6.45) is 9.46. The quantitative estimate of drug-likeness (QED) is 0.585. The highest BCUT2D eigenvalue weighted by Gasteiger charge is 2.59. The third kappa shape index (κ3) is 4.35. The van der Waals surface area contributed by atoms with Crippen molar-refractivity contribution in [2.75, 3.05) is 0 Å². The Morgan fingerprint density at radius 3 is 2.58 bits per heavy atom. The van der Waals surface area contributed by atoms with Crippen LogP contribution in [0.25, 0.3) is 0 Å². The van der Waals surface area contributed by atoms with Gasteiger partial charge in [-0.25, -0.2) is 0 Å². The van der Waals surface area contributed by atoms with Crippen molar-refractivity contribution in [2.45, 2.75) is 97.1 Å². The smallest absolute Gasteiger partial charge is 0.325 e. The van der Waals surface area contributed by atoms with Gasteiger partial charge in [-0.15, -0.1) is 0 Å². The molecule has 3 saturated carbocycles. The molecule has 3 fully saturated rings. The molecule has 0 bridgehead atoms. The van der Waals surface area contributed by atoms with Crippen LogP contribution in [0, 0.1) is 28.6 Å². The first-order valence-electron chi connectivity index (χ1n) is 12.5. The molecule has 0 radical (unpaired) electrons. The average Bonchev–Trinajstić information content (AvgIpc) is 3.09. The van der Waals surface area contributed by atoms with Crippen molar-refractivity contribution in [2.24, 2.45) is 28.6 Å². The van der Waals surface area contributed by atoms with E-state index in [-0.39, 0.29) is 41.5 Å². The molecule has 7 unspecified atom stereocenters. The lowest BCUT2D eigenvalue weighted by Gasteiger charge is -2.57. The minimum absolute atomic E-state index is 0.0400. The molecule has 4 rings (SSSR count). The molecule has 0 aliphatic heterocycles. The van der Waals surface area contributed by atoms with Crippen molar-refractivity contribution < 1.29 is 29.0 Å². The van der Waals surface area contributed by atoms with Gasteiger partial charge < -0.3 is 15.2 Å². The molecular weight excluding hydrogens is 422 g/mol. The first kappa shape index (κ1) is 24.0. The minimum Gasteiger partial charge on any atom is -0.480 e. The van der Waals surface area contributed by atoms with Gasteiger partial charge in [0.05, 0.1) is 6.42 Å². The molecule has 4 aliphatic rings. The zero-order chi connectivity index (χ0) is 24.0. The van der Waals surface area contributed by atoms with Crippen LogP contribution in [0.5, 0.6) is 0 Å². The molecule has 0 aromatic rings. The summed E-state index contributed by atoms with van der Waals surface area (Å²) in [4.78, 5) is 47.3. The second kappa shape index (κ2) is 8.88. The van der Waals surface area contributed by atoms with E-state index in [0.29, 0.717) is 24.2 Å². The standard InChI is InChI=1S/C26H37NO6/c1-15(24(31)32)27-22(29)8-9-23(30)33-21-7-6-19-18-5-4-16-14-17(28)10-12-25(16,2)20(18)11-13-26(19,21)3/h14-15,18-21H,4-13H2,1-3H3,(H,27,29)(H,31,32). The highest BCUT2D eigenvalue weighted by atomic mass is 16.5. The molecule has 33 heavy (non-hydrogen) atoms. The Morgan fingerprint density at radius 1 is 1.09 bits per heavy atom. The molecule has 0 aromatic heterocycles. The number of ether oxygens (including phenoxy) is 1. The maximum atomic E-state index is 12.5. The predicted molar refractivity (Wildman–Crippen MR) is 121 cm³/mol. The molecule has 7 heteroatoms. The number of allylic oxidation sites excluding steroid dienone is 1. The number of carboxylic acid groups (broad SMARTS) is 1. The molecule has 2 N–H and O–H groups in total. The molecule has 1 amide bonds. The lowest BCUT2D eigenvalue weighted by molar-refractivity contribution is -0.160. The molecule has 0 heterocycles. The van der Waals surface area contributed by atoms with E-state index in [9.17, 15) is 19.2 Å². The van der Waals surface area contributed by atoms with Crippen molar-refractivity contribution in [3.05, 3.63) is 11.6 Å². The fraction of sp³-hybridized carbons (Fsp3) is 0.769. The zero-order valence-electron chi connectivity index (χ0n) is 20.0. The lowest BCUT2D eigenvalue weighted by atomic mass is 9.47. The van der Waals surface area contributed by atoms with Crippen LogP contribution in [-0.2, 0) is 23.9 Å². The monoisotopic (exact) mass is 459 g/mol. The summed E-state index contributed by atoms with van der Waals surface area (Å²) in [5.41, 5.74) is 1.45. The Balaban J connectivity index is 1.37. The molecule has 182 valence electrons. The Labute approximate surface area is 195 Å². The van der Waals surface area contributed by atoms with E-state index in [1.807, 2.05) is 6.08 Å². The van der Waals surface area contributed by atoms with Crippen molar-refractivity contribution >= 4 is 23.6 Å². The number of hydrogen-bond donors (Lipinski definition) is 2. The van der Waals surface area contributed by atoms with Gasteiger partial charge in [0, 0.05) is 18.3 Å². The molecule has 4 aliphatic carbocycles. The number of carbonyl (C=O) groups is 4. The first-order valence-corrected chi connectivity index (χ1v) is 12.5. The van der Waals surface area contributed by atoms with Gasteiger partial charge in [-0.05, 0) is 81.1 Å². The number of fused-ring (bicyclic) bond motifs is 5. The second-order valence-electron chi connectivity index (χ2n) is 11.2. The summed E-state index contributed by atoms with van der Waals surface area (Å²) in [6, 6.07) is -0.979. The molecule has 0 spiro atoms. The SMILES string of the molecule is CC(NC(=O)CCC(=O)OC1CCC2C3CCC4=CC(=O)CCC4(C)C3CCC12C)C(=O)O. The Bertz CT molecular complexity index is 880. The molecule has 0 saturated heterocycles. The van der Waals surface area contributed by atoms with Crippen LogP contribution in [-0.4, -0.2) is 40.9 Å². The van der Waals surface area contributed by atoms with Crippen LogP contribution in [0.4, 0.5) is 0 Å². The van der Waals surface area contributed by atoms with Crippen LogP contribution >= 0.6 is 0 Å². The van der Waals surface area contributed by atoms with Crippen molar-refractivity contribution in [3.63, 3.8) is 0 Å². The van der Waals surface area contributed by atoms with Gasteiger partial charge in [0.25, 0.3) is 0 Å². The largest absolute Gasteiger partial charge is 0.480 e. The maximum absolute atomic E-state index is 12.5. The van der Waals surface area contributed by atoms with Gasteiger partial charge in [0.2, 0.25) is 5.91 Å². The van der Waals surface area contributed by atoms with Gasteiger partial charge in [-0.3, -0.25) is 19.2 Å². The third-order valence-electron chi connectivity index (χ3n) is 9.45. The van der Waals surface area contributed by atoms with Crippen molar-refractivity contribution in [1.29, 1.82) is 0 Å². The first-order chi connectivity index (χ1) is 15.5. The van der Waals surface area contributed by atoms with Gasteiger partial charge >= 0.3 is 11.9 Å². The van der Waals surface area contributed by atoms with Crippen LogP contribution < -0.4 is 5.32 Å². The van der Waals surface area contributed by atoms with Crippen molar-refractivity contribution in [3.8, 4) is 0 Å². The van der Waals surface area contributed by atoms with Crippen LogP contribution in [0.2, 0.25) is 0 Å². The van der Waals surface area contributed by atoms with E-state index >= 15 is 0 Å². The van der Waals surface area contributed by atoms with E-state index in [1.54, 1.807) is 0 Å². The number of aliphatic carboxylic acids is 1. The van der Waals surface area contributed by atoms with E-state index in [2.05, 4.69) is 19.2 Å². The number of esters is 1. The number of hydrogen-bond acceptors (Lipinski definition) is 5. The number of carbonyl (C=O) groups excluding carboxylic acids is 3. The predicted octanol–water partition coefficient (Wildman–Crippen LogP) is 3.80. The number of rotatable bonds is 6. The van der Waals surface area contributed by atoms with Crippen LogP contribution in [0.15, 0.2) is 11.6 Å². The fourth-order valence-electron chi connectivity index (χ4n) is 7.51. The Morgan fingerprint density at radius 2 is 1.85 bits per heavy atom. The molecule has 0 aromatic carbocycles. The van der Waals surface area contributed by atoms with E-state index < -0.39 is 17.9 Å². The molecule has 7 nitrogen and oxygen atoms in total. The Hall–Kier alpha value is -2.18. The van der Waals surface area contributed by atoms with Gasteiger partial charge in [0.15, 0.2) is 5.78 Å². The summed E-state index contributed by atoms with van der Waals surface area (Å²) < 4.78 is 5.92. The van der Waals surface area contributed by atoms with Gasteiger partial charge in [-0.2, -0.15) is 0 Å². The summed E-state index contributed by atoms with van der Waals surface area (Å²) in [5.74, 6) is 0.0526. The Kier molecular flexibility index (Phi) is 6.45. The fourth-order valence-corrected chi connectivity index (χ4v) is 7.51. The summed E-state index contributed by atoms with van der Waals surface area (Å²) in [7, 11) is 0. The second-order valence-corrected chi connectivity index (χ2v) is 11.2. The number of amides is 1. The highest BCUT2D eigenvalue weighted by Crippen LogP contribution is 2.65. The maximum Gasteiger partial charge on any atom is 0.325 e. The van der Waals surface area contributed by atoms with E-state index in [4.69, 9.17) is 9.84 Å². The summed E-state index contributed by atoms with van der Waals surface area (Å²) in [6.45, 7) is 6.04. The molecule has 7 atom stereocenters. The average molecular weight is 460 g/mol. The number of nitrogens with one attached hydrogen (secondary N) is 1. The van der Waals surface area contributed by atoms with E-state index in [1.165, 1.54) is 12.5 Å². The normalized spacial score (nSPS) is 38.3. The minimum atomic E-state index is -1.11. The highest BCUT2D eigenvalue weighted by molar-refractivity contribution is 5.91. The third-order valence-corrected chi connectivity index (χ3v) is 9.45. The number of ketones is 1. The topological polar surface area (TPSA) is 110 Å². The summed E-state index contributed by atoms with van der Waals surface area (Å²) >= 11 is 0.